The molecule has 2 atom stereocenters. The van der Waals surface area contributed by atoms with Gasteiger partial charge in [-0.1, -0.05) is 37.5 Å². The van der Waals surface area contributed by atoms with E-state index in [0.29, 0.717) is 23.3 Å². The number of rotatable bonds is 5. The molecule has 0 saturated heterocycles. The molecule has 2 N–H and O–H groups in total. The normalized spacial score (nSPS) is 22.0. The number of carbonyl (C=O) groups excluding carboxylic acids is 3. The molecular formula is C16H24N5O3S+. The SMILES string of the molecule is CCC[N+]1=C2N=C(C(C)C)N=C(SC(C)C(N)=O)C2C(=O)N(C)C1=O. The van der Waals surface area contributed by atoms with Crippen molar-refractivity contribution in [3.05, 3.63) is 0 Å². The number of carbonyl (C=O) groups is 3. The maximum atomic E-state index is 12.7. The zero-order valence-electron chi connectivity index (χ0n) is 15.1. The lowest BCUT2D eigenvalue weighted by molar-refractivity contribution is -0.440. The fraction of sp³-hybridized carbons (Fsp3) is 0.625. The molecule has 0 spiro atoms. The molecule has 0 aliphatic carbocycles. The quantitative estimate of drug-likeness (QED) is 0.735. The van der Waals surface area contributed by atoms with E-state index in [1.807, 2.05) is 20.8 Å². The second-order valence-corrected chi connectivity index (χ2v) is 7.72. The van der Waals surface area contributed by atoms with E-state index in [2.05, 4.69) is 9.98 Å². The zero-order chi connectivity index (χ0) is 18.9. The molecule has 2 aliphatic rings. The largest absolute Gasteiger partial charge is 0.445 e. The Labute approximate surface area is 151 Å². The Morgan fingerprint density at radius 1 is 1.32 bits per heavy atom. The molecule has 0 radical (unpaired) electrons. The van der Waals surface area contributed by atoms with E-state index in [-0.39, 0.29) is 17.9 Å². The smallest absolute Gasteiger partial charge is 0.369 e. The molecule has 0 fully saturated rings. The molecule has 2 unspecified atom stereocenters. The van der Waals surface area contributed by atoms with E-state index in [4.69, 9.17) is 5.73 Å². The first-order valence-electron chi connectivity index (χ1n) is 8.28. The molecule has 2 rings (SSSR count). The summed E-state index contributed by atoms with van der Waals surface area (Å²) in [6.45, 7) is 7.95. The number of nitrogens with zero attached hydrogens (tertiary/aromatic N) is 4. The van der Waals surface area contributed by atoms with E-state index < -0.39 is 17.1 Å². The molecule has 0 aromatic carbocycles. The summed E-state index contributed by atoms with van der Waals surface area (Å²) in [4.78, 5) is 46.8. The van der Waals surface area contributed by atoms with Gasteiger partial charge in [0.15, 0.2) is 5.92 Å². The van der Waals surface area contributed by atoms with Gasteiger partial charge in [-0.05, 0) is 13.3 Å². The Bertz CT molecular complexity index is 711. The Hall–Kier alpha value is -2.03. The minimum Gasteiger partial charge on any atom is -0.369 e. The lowest BCUT2D eigenvalue weighted by Gasteiger charge is -2.28. The van der Waals surface area contributed by atoms with Crippen molar-refractivity contribution in [1.29, 1.82) is 0 Å². The first kappa shape index (κ1) is 19.3. The van der Waals surface area contributed by atoms with Gasteiger partial charge in [-0.15, -0.1) is 0 Å². The third-order valence-electron chi connectivity index (χ3n) is 3.99. The highest BCUT2D eigenvalue weighted by atomic mass is 32.2. The molecule has 9 heteroatoms. The molecule has 0 aromatic heterocycles. The fourth-order valence-electron chi connectivity index (χ4n) is 2.52. The predicted molar refractivity (Wildman–Crippen MR) is 98.0 cm³/mol. The van der Waals surface area contributed by atoms with Gasteiger partial charge in [0, 0.05) is 5.92 Å². The van der Waals surface area contributed by atoms with E-state index in [9.17, 15) is 14.4 Å². The summed E-state index contributed by atoms with van der Waals surface area (Å²) >= 11 is 1.15. The predicted octanol–water partition coefficient (Wildman–Crippen LogP) is 1.09. The van der Waals surface area contributed by atoms with Crippen LogP contribution in [0.2, 0.25) is 0 Å². The third-order valence-corrected chi connectivity index (χ3v) is 5.15. The van der Waals surface area contributed by atoms with Crippen molar-refractivity contribution in [3.63, 3.8) is 0 Å². The lowest BCUT2D eigenvalue weighted by Crippen LogP contribution is -2.56. The molecule has 25 heavy (non-hydrogen) atoms. The molecule has 0 saturated carbocycles. The highest BCUT2D eigenvalue weighted by Gasteiger charge is 2.50. The number of thioether (sulfide) groups is 1. The van der Waals surface area contributed by atoms with Crippen LogP contribution in [0.4, 0.5) is 4.79 Å². The summed E-state index contributed by atoms with van der Waals surface area (Å²) in [5.41, 5.74) is 5.36. The number of imide groups is 1. The number of primary amides is 1. The number of urea groups is 1. The van der Waals surface area contributed by atoms with Crippen molar-refractivity contribution < 1.29 is 19.0 Å². The van der Waals surface area contributed by atoms with Crippen molar-refractivity contribution in [1.82, 2.24) is 4.90 Å². The number of amidine groups is 2. The van der Waals surface area contributed by atoms with Crippen LogP contribution in [0.3, 0.4) is 0 Å². The Kier molecular flexibility index (Phi) is 5.76. The van der Waals surface area contributed by atoms with Crippen LogP contribution in [0.15, 0.2) is 9.98 Å². The second kappa shape index (κ2) is 7.47. The number of amides is 4. The third kappa shape index (κ3) is 3.65. The van der Waals surface area contributed by atoms with E-state index in [1.165, 1.54) is 11.6 Å². The summed E-state index contributed by atoms with van der Waals surface area (Å²) in [6, 6.07) is -0.390. The van der Waals surface area contributed by atoms with Crippen LogP contribution in [0.5, 0.6) is 0 Å². The van der Waals surface area contributed by atoms with Crippen molar-refractivity contribution >= 4 is 46.3 Å². The molecule has 0 aromatic rings. The van der Waals surface area contributed by atoms with E-state index >= 15 is 0 Å². The van der Waals surface area contributed by atoms with Gasteiger partial charge in [-0.2, -0.15) is 9.48 Å². The number of nitrogens with two attached hydrogens (primary N) is 1. The van der Waals surface area contributed by atoms with Crippen molar-refractivity contribution in [3.8, 4) is 0 Å². The van der Waals surface area contributed by atoms with Gasteiger partial charge in [-0.3, -0.25) is 9.59 Å². The average Bonchev–Trinajstić information content (AvgIpc) is 2.55. The molecular weight excluding hydrogens is 342 g/mol. The topological polar surface area (TPSA) is 108 Å². The molecule has 4 amide bonds. The number of hydrogen-bond donors (Lipinski definition) is 1. The van der Waals surface area contributed by atoms with Crippen molar-refractivity contribution in [2.75, 3.05) is 13.6 Å². The minimum atomic E-state index is -0.774. The maximum Gasteiger partial charge on any atom is 0.445 e. The summed E-state index contributed by atoms with van der Waals surface area (Å²) in [7, 11) is 1.45. The van der Waals surface area contributed by atoms with E-state index in [0.717, 1.165) is 23.1 Å². The molecule has 2 heterocycles. The van der Waals surface area contributed by atoms with E-state index in [1.54, 1.807) is 6.92 Å². The minimum absolute atomic E-state index is 0.0151. The highest BCUT2D eigenvalue weighted by Crippen LogP contribution is 2.28. The fourth-order valence-corrected chi connectivity index (χ4v) is 3.49. The van der Waals surface area contributed by atoms with Crippen LogP contribution in [-0.2, 0) is 9.59 Å². The first-order valence-corrected chi connectivity index (χ1v) is 9.16. The second-order valence-electron chi connectivity index (χ2n) is 6.36. The summed E-state index contributed by atoms with van der Waals surface area (Å²) in [5.74, 6) is -0.697. The van der Waals surface area contributed by atoms with Crippen LogP contribution in [0, 0.1) is 11.8 Å². The van der Waals surface area contributed by atoms with Crippen LogP contribution in [0.25, 0.3) is 0 Å². The van der Waals surface area contributed by atoms with Gasteiger partial charge >= 0.3 is 11.9 Å². The Morgan fingerprint density at radius 2 is 1.96 bits per heavy atom. The number of aliphatic imine (C=N–C) groups is 2. The monoisotopic (exact) mass is 366 g/mol. The number of hydrogen-bond acceptors (Lipinski definition) is 6. The Balaban J connectivity index is 2.61. The van der Waals surface area contributed by atoms with Gasteiger partial charge in [-0.25, -0.2) is 9.79 Å². The summed E-state index contributed by atoms with van der Waals surface area (Å²) in [6.07, 6.45) is 0.730. The van der Waals surface area contributed by atoms with Gasteiger partial charge in [0.2, 0.25) is 11.7 Å². The molecule has 8 nitrogen and oxygen atoms in total. The summed E-state index contributed by atoms with van der Waals surface area (Å²) < 4.78 is 1.53. The lowest BCUT2D eigenvalue weighted by atomic mass is 10.0. The number of fused-ring (bicyclic) bond motifs is 1. The highest BCUT2D eigenvalue weighted by molar-refractivity contribution is 8.15. The Morgan fingerprint density at radius 3 is 2.48 bits per heavy atom. The summed E-state index contributed by atoms with van der Waals surface area (Å²) in [5, 5.41) is -0.0766. The van der Waals surface area contributed by atoms with Gasteiger partial charge in [0.25, 0.3) is 5.84 Å². The van der Waals surface area contributed by atoms with Crippen LogP contribution < -0.4 is 5.73 Å². The standard InChI is InChI=1S/C16H23N5O3S/c1-6-7-21-13-10(15(23)20(5)16(21)24)14(25-9(4)11(17)22)19-12(18-13)8(2)3/h8-10H,6-7H2,1-5H3,(H-,17,22)/p+1. The van der Waals surface area contributed by atoms with Crippen LogP contribution in [0.1, 0.15) is 34.1 Å². The molecule has 136 valence electrons. The average molecular weight is 366 g/mol. The first-order chi connectivity index (χ1) is 11.7. The molecule has 2 aliphatic heterocycles. The van der Waals surface area contributed by atoms with Crippen molar-refractivity contribution in [2.45, 2.75) is 39.4 Å². The van der Waals surface area contributed by atoms with Crippen LogP contribution >= 0.6 is 11.8 Å². The van der Waals surface area contributed by atoms with Crippen molar-refractivity contribution in [2.24, 2.45) is 27.6 Å². The van der Waals surface area contributed by atoms with Crippen LogP contribution in [-0.4, -0.2) is 62.9 Å². The maximum absolute atomic E-state index is 12.7. The van der Waals surface area contributed by atoms with Gasteiger partial charge < -0.3 is 5.73 Å². The zero-order valence-corrected chi connectivity index (χ0v) is 16.0. The van der Waals surface area contributed by atoms with Gasteiger partial charge in [0.1, 0.15) is 5.04 Å². The van der Waals surface area contributed by atoms with Gasteiger partial charge in [0.05, 0.1) is 18.8 Å². The molecule has 0 bridgehead atoms.